The Morgan fingerprint density at radius 2 is 2.00 bits per heavy atom. The fourth-order valence-electron chi connectivity index (χ4n) is 2.72. The van der Waals surface area contributed by atoms with Gasteiger partial charge in [-0.15, -0.1) is 0 Å². The van der Waals surface area contributed by atoms with E-state index in [4.69, 9.17) is 5.73 Å². The Bertz CT molecular complexity index is 287. The van der Waals surface area contributed by atoms with Crippen LogP contribution in [0.5, 0.6) is 0 Å². The summed E-state index contributed by atoms with van der Waals surface area (Å²) < 4.78 is 0. The van der Waals surface area contributed by atoms with E-state index in [9.17, 15) is 4.79 Å². The number of nitrogens with two attached hydrogens (primary N) is 1. The molecule has 3 N–H and O–H groups in total. The van der Waals surface area contributed by atoms with Crippen molar-refractivity contribution in [1.29, 1.82) is 0 Å². The van der Waals surface area contributed by atoms with Crippen molar-refractivity contribution >= 4 is 5.91 Å². The number of carbonyl (C=O) groups excluding carboxylic acids is 1. The highest BCUT2D eigenvalue weighted by atomic mass is 16.1. The topological polar surface area (TPSA) is 58.4 Å². The van der Waals surface area contributed by atoms with Gasteiger partial charge in [0.25, 0.3) is 0 Å². The second-order valence-electron chi connectivity index (χ2n) is 6.17. The summed E-state index contributed by atoms with van der Waals surface area (Å²) in [6, 6.07) is 1.16. The van der Waals surface area contributed by atoms with Crippen molar-refractivity contribution in [2.75, 3.05) is 13.6 Å². The zero-order valence-electron chi connectivity index (χ0n) is 13.0. The van der Waals surface area contributed by atoms with Crippen molar-refractivity contribution in [2.45, 2.75) is 76.9 Å². The van der Waals surface area contributed by atoms with Crippen LogP contribution in [0.1, 0.15) is 59.3 Å². The van der Waals surface area contributed by atoms with Crippen LogP contribution >= 0.6 is 0 Å². The van der Waals surface area contributed by atoms with Crippen LogP contribution in [0.2, 0.25) is 0 Å². The van der Waals surface area contributed by atoms with Crippen LogP contribution in [0.25, 0.3) is 0 Å². The summed E-state index contributed by atoms with van der Waals surface area (Å²) in [5.41, 5.74) is 5.03. The van der Waals surface area contributed by atoms with Crippen molar-refractivity contribution in [3.05, 3.63) is 0 Å². The van der Waals surface area contributed by atoms with Crippen molar-refractivity contribution in [3.8, 4) is 0 Å². The Kier molecular flexibility index (Phi) is 6.27. The predicted octanol–water partition coefficient (Wildman–Crippen LogP) is 1.88. The molecule has 0 aromatic rings. The first-order valence-electron chi connectivity index (χ1n) is 7.70. The van der Waals surface area contributed by atoms with Gasteiger partial charge < -0.3 is 16.0 Å². The summed E-state index contributed by atoms with van der Waals surface area (Å²) >= 11 is 0. The van der Waals surface area contributed by atoms with Crippen LogP contribution in [-0.4, -0.2) is 42.0 Å². The zero-order chi connectivity index (χ0) is 14.5. The normalized spacial score (nSPS) is 18.8. The first kappa shape index (κ1) is 16.4. The maximum Gasteiger partial charge on any atom is 0.237 e. The number of hydrogen-bond donors (Lipinski definition) is 2. The summed E-state index contributed by atoms with van der Waals surface area (Å²) in [5, 5.41) is 3.40. The van der Waals surface area contributed by atoms with Crippen LogP contribution in [0.4, 0.5) is 0 Å². The van der Waals surface area contributed by atoms with Crippen LogP contribution < -0.4 is 11.1 Å². The summed E-state index contributed by atoms with van der Waals surface area (Å²) in [6.07, 6.45) is 6.54. The van der Waals surface area contributed by atoms with Crippen molar-refractivity contribution in [3.63, 3.8) is 0 Å². The van der Waals surface area contributed by atoms with E-state index < -0.39 is 5.54 Å². The molecule has 1 fully saturated rings. The average Bonchev–Trinajstić information content (AvgIpc) is 3.14. The smallest absolute Gasteiger partial charge is 0.237 e. The van der Waals surface area contributed by atoms with Gasteiger partial charge in [0, 0.05) is 12.1 Å². The number of primary amides is 1. The molecule has 0 aromatic carbocycles. The van der Waals surface area contributed by atoms with Crippen molar-refractivity contribution in [2.24, 2.45) is 5.73 Å². The summed E-state index contributed by atoms with van der Waals surface area (Å²) in [6.45, 7) is 7.44. The fourth-order valence-corrected chi connectivity index (χ4v) is 2.72. The van der Waals surface area contributed by atoms with Gasteiger partial charge in [-0.25, -0.2) is 0 Å². The number of carbonyl (C=O) groups is 1. The molecule has 0 aliphatic heterocycles. The van der Waals surface area contributed by atoms with Gasteiger partial charge in [-0.3, -0.25) is 4.79 Å². The number of nitrogens with zero attached hydrogens (tertiary/aromatic N) is 1. The molecule has 1 rings (SSSR count). The molecule has 4 nitrogen and oxygen atoms in total. The Morgan fingerprint density at radius 3 is 2.42 bits per heavy atom. The molecule has 0 saturated heterocycles. The second-order valence-corrected chi connectivity index (χ2v) is 6.17. The lowest BCUT2D eigenvalue weighted by molar-refractivity contribution is -0.124. The Morgan fingerprint density at radius 1 is 1.42 bits per heavy atom. The molecule has 4 heteroatoms. The maximum atomic E-state index is 11.7. The van der Waals surface area contributed by atoms with Gasteiger partial charge in [0.2, 0.25) is 5.91 Å². The number of amides is 1. The molecule has 0 bridgehead atoms. The molecule has 1 aliphatic rings. The van der Waals surface area contributed by atoms with Gasteiger partial charge >= 0.3 is 0 Å². The maximum absolute atomic E-state index is 11.7. The molecular weight excluding hydrogens is 238 g/mol. The first-order valence-corrected chi connectivity index (χ1v) is 7.70. The average molecular weight is 269 g/mol. The molecule has 19 heavy (non-hydrogen) atoms. The summed E-state index contributed by atoms with van der Waals surface area (Å²) in [4.78, 5) is 14.1. The third kappa shape index (κ3) is 5.11. The molecule has 0 spiro atoms. The largest absolute Gasteiger partial charge is 0.368 e. The quantitative estimate of drug-likeness (QED) is 0.636. The zero-order valence-corrected chi connectivity index (χ0v) is 13.0. The highest BCUT2D eigenvalue weighted by Crippen LogP contribution is 2.24. The predicted molar refractivity (Wildman–Crippen MR) is 80.0 cm³/mol. The third-order valence-corrected chi connectivity index (χ3v) is 4.40. The summed E-state index contributed by atoms with van der Waals surface area (Å²) in [7, 11) is 2.17. The minimum atomic E-state index is -0.532. The van der Waals surface area contributed by atoms with Gasteiger partial charge in [0.05, 0.1) is 5.54 Å². The van der Waals surface area contributed by atoms with Crippen LogP contribution in [-0.2, 0) is 4.79 Å². The molecule has 1 aliphatic carbocycles. The molecule has 0 heterocycles. The van der Waals surface area contributed by atoms with Crippen LogP contribution in [0, 0.1) is 0 Å². The highest BCUT2D eigenvalue weighted by Gasteiger charge is 2.36. The van der Waals surface area contributed by atoms with Crippen LogP contribution in [0.3, 0.4) is 0 Å². The van der Waals surface area contributed by atoms with E-state index in [1.54, 1.807) is 0 Å². The minimum absolute atomic E-state index is 0.218. The molecule has 112 valence electrons. The highest BCUT2D eigenvalue weighted by molar-refractivity contribution is 5.84. The molecule has 0 radical (unpaired) electrons. The van der Waals surface area contributed by atoms with E-state index in [0.717, 1.165) is 19.4 Å². The number of hydrogen-bond acceptors (Lipinski definition) is 3. The number of rotatable bonds is 10. The lowest BCUT2D eigenvalue weighted by Crippen LogP contribution is -2.54. The summed E-state index contributed by atoms with van der Waals surface area (Å²) in [5.74, 6) is -0.218. The monoisotopic (exact) mass is 269 g/mol. The van der Waals surface area contributed by atoms with E-state index in [1.165, 1.54) is 25.7 Å². The standard InChI is InChI=1S/C15H31N3O/c1-5-13(6-2)18(4)11-7-10-15(3,14(16)19)17-12-8-9-12/h12-13,17H,5-11H2,1-4H3,(H2,16,19). The molecule has 1 saturated carbocycles. The number of nitrogens with one attached hydrogen (secondary N) is 1. The van der Waals surface area contributed by atoms with E-state index >= 15 is 0 Å². The Labute approximate surface area is 118 Å². The van der Waals surface area contributed by atoms with Crippen molar-refractivity contribution < 1.29 is 4.79 Å². The van der Waals surface area contributed by atoms with Crippen LogP contribution in [0.15, 0.2) is 0 Å². The van der Waals surface area contributed by atoms with Gasteiger partial charge in [-0.05, 0) is 59.0 Å². The second kappa shape index (κ2) is 7.25. The molecule has 1 unspecified atom stereocenters. The molecule has 0 aromatic heterocycles. The third-order valence-electron chi connectivity index (χ3n) is 4.40. The minimum Gasteiger partial charge on any atom is -0.368 e. The van der Waals surface area contributed by atoms with E-state index in [2.05, 4.69) is 31.1 Å². The van der Waals surface area contributed by atoms with Gasteiger partial charge in [-0.2, -0.15) is 0 Å². The lowest BCUT2D eigenvalue weighted by atomic mass is 9.94. The first-order chi connectivity index (χ1) is 8.92. The Balaban J connectivity index is 2.37. The molecule has 1 amide bonds. The van der Waals surface area contributed by atoms with E-state index in [-0.39, 0.29) is 5.91 Å². The molecular formula is C15H31N3O. The fraction of sp³-hybridized carbons (Fsp3) is 0.933. The van der Waals surface area contributed by atoms with E-state index in [1.807, 2.05) is 6.92 Å². The van der Waals surface area contributed by atoms with Gasteiger partial charge in [0.15, 0.2) is 0 Å². The molecule has 1 atom stereocenters. The lowest BCUT2D eigenvalue weighted by Gasteiger charge is -2.30. The van der Waals surface area contributed by atoms with E-state index in [0.29, 0.717) is 12.1 Å². The van der Waals surface area contributed by atoms with Crippen molar-refractivity contribution in [1.82, 2.24) is 10.2 Å². The van der Waals surface area contributed by atoms with Gasteiger partial charge in [-0.1, -0.05) is 13.8 Å². The SMILES string of the molecule is CCC(CC)N(C)CCCC(C)(NC1CC1)C(N)=O. The Hall–Kier alpha value is -0.610. The van der Waals surface area contributed by atoms with Gasteiger partial charge in [0.1, 0.15) is 0 Å².